The third-order valence-electron chi connectivity index (χ3n) is 5.10. The Morgan fingerprint density at radius 3 is 2.80 bits per heavy atom. The zero-order chi connectivity index (χ0) is 13.8. The molecule has 20 heavy (non-hydrogen) atoms. The molecule has 1 aromatic carbocycles. The maximum absolute atomic E-state index is 5.34. The van der Waals surface area contributed by atoms with Gasteiger partial charge in [0.05, 0.1) is 7.11 Å². The van der Waals surface area contributed by atoms with Crippen LogP contribution in [0, 0.1) is 5.92 Å². The molecule has 2 nitrogen and oxygen atoms in total. The first kappa shape index (κ1) is 13.9. The summed E-state index contributed by atoms with van der Waals surface area (Å²) in [6, 6.07) is 7.21. The van der Waals surface area contributed by atoms with Crippen LogP contribution in [0.3, 0.4) is 0 Å². The van der Waals surface area contributed by atoms with Gasteiger partial charge >= 0.3 is 0 Å². The molecule has 1 atom stereocenters. The first-order valence-corrected chi connectivity index (χ1v) is 8.24. The highest BCUT2D eigenvalue weighted by Crippen LogP contribution is 2.28. The molecule has 1 N–H and O–H groups in total. The topological polar surface area (TPSA) is 21.3 Å². The van der Waals surface area contributed by atoms with E-state index in [2.05, 4.69) is 23.5 Å². The Bertz CT molecular complexity index is 437. The highest BCUT2D eigenvalue weighted by molar-refractivity contribution is 5.37. The monoisotopic (exact) mass is 273 g/mol. The molecule has 0 aromatic heterocycles. The molecule has 0 amide bonds. The van der Waals surface area contributed by atoms with Gasteiger partial charge in [0.1, 0.15) is 5.75 Å². The number of ether oxygens (including phenoxy) is 1. The summed E-state index contributed by atoms with van der Waals surface area (Å²) in [7, 11) is 1.75. The number of aryl methyl sites for hydroxylation is 1. The number of benzene rings is 1. The van der Waals surface area contributed by atoms with Gasteiger partial charge in [0.15, 0.2) is 0 Å². The summed E-state index contributed by atoms with van der Waals surface area (Å²) in [5, 5.41) is 3.79. The van der Waals surface area contributed by atoms with Crippen molar-refractivity contribution in [2.24, 2.45) is 5.92 Å². The Morgan fingerprint density at radius 2 is 2.00 bits per heavy atom. The van der Waals surface area contributed by atoms with E-state index in [-0.39, 0.29) is 0 Å². The zero-order valence-corrected chi connectivity index (χ0v) is 12.7. The van der Waals surface area contributed by atoms with E-state index in [1.54, 1.807) is 7.11 Å². The van der Waals surface area contributed by atoms with E-state index in [4.69, 9.17) is 4.74 Å². The van der Waals surface area contributed by atoms with Crippen LogP contribution < -0.4 is 10.1 Å². The van der Waals surface area contributed by atoms with Crippen molar-refractivity contribution in [2.45, 2.75) is 57.4 Å². The number of rotatable bonds is 5. The van der Waals surface area contributed by atoms with Gasteiger partial charge < -0.3 is 10.1 Å². The van der Waals surface area contributed by atoms with Crippen molar-refractivity contribution in [1.29, 1.82) is 0 Å². The Kier molecular flexibility index (Phi) is 4.62. The van der Waals surface area contributed by atoms with Crippen molar-refractivity contribution < 1.29 is 4.74 Å². The molecule has 0 spiro atoms. The van der Waals surface area contributed by atoms with Gasteiger partial charge in [-0.3, -0.25) is 0 Å². The smallest absolute Gasteiger partial charge is 0.119 e. The van der Waals surface area contributed by atoms with Gasteiger partial charge in [0.25, 0.3) is 0 Å². The van der Waals surface area contributed by atoms with Crippen LogP contribution in [-0.2, 0) is 12.8 Å². The molecule has 0 saturated heterocycles. The lowest BCUT2D eigenvalue weighted by Gasteiger charge is -2.26. The SMILES string of the molecule is COc1ccc2c(c1)CC(NCCC1CCCC1)CC2. The molecule has 1 unspecified atom stereocenters. The number of methoxy groups -OCH3 is 1. The highest BCUT2D eigenvalue weighted by Gasteiger charge is 2.20. The lowest BCUT2D eigenvalue weighted by atomic mass is 9.88. The lowest BCUT2D eigenvalue weighted by molar-refractivity contribution is 0.404. The van der Waals surface area contributed by atoms with Crippen molar-refractivity contribution in [3.8, 4) is 5.75 Å². The minimum Gasteiger partial charge on any atom is -0.497 e. The van der Waals surface area contributed by atoms with Crippen LogP contribution in [0.4, 0.5) is 0 Å². The first-order chi connectivity index (χ1) is 9.85. The summed E-state index contributed by atoms with van der Waals surface area (Å²) in [4.78, 5) is 0. The van der Waals surface area contributed by atoms with Gasteiger partial charge in [-0.15, -0.1) is 0 Å². The molecule has 0 heterocycles. The van der Waals surface area contributed by atoms with Gasteiger partial charge in [-0.25, -0.2) is 0 Å². The third kappa shape index (κ3) is 3.35. The lowest BCUT2D eigenvalue weighted by Crippen LogP contribution is -2.35. The quantitative estimate of drug-likeness (QED) is 0.883. The van der Waals surface area contributed by atoms with Gasteiger partial charge in [-0.05, 0) is 61.4 Å². The van der Waals surface area contributed by atoms with Gasteiger partial charge in [-0.1, -0.05) is 31.7 Å². The number of hydrogen-bond acceptors (Lipinski definition) is 2. The van der Waals surface area contributed by atoms with E-state index >= 15 is 0 Å². The Hall–Kier alpha value is -1.02. The number of fused-ring (bicyclic) bond motifs is 1. The second kappa shape index (κ2) is 6.62. The first-order valence-electron chi connectivity index (χ1n) is 8.24. The minimum absolute atomic E-state index is 0.663. The van der Waals surface area contributed by atoms with Gasteiger partial charge in [0, 0.05) is 6.04 Å². The van der Waals surface area contributed by atoms with Crippen molar-refractivity contribution in [2.75, 3.05) is 13.7 Å². The van der Waals surface area contributed by atoms with Gasteiger partial charge in [0.2, 0.25) is 0 Å². The fourth-order valence-corrected chi connectivity index (χ4v) is 3.83. The number of nitrogens with one attached hydrogen (secondary N) is 1. The van der Waals surface area contributed by atoms with Crippen LogP contribution in [0.1, 0.15) is 49.7 Å². The standard InChI is InChI=1S/C18H27NO/c1-20-18-9-7-15-6-8-17(12-16(15)13-18)19-11-10-14-4-2-3-5-14/h7,9,13-14,17,19H,2-6,8,10-12H2,1H3. The van der Waals surface area contributed by atoms with Crippen molar-refractivity contribution in [1.82, 2.24) is 5.32 Å². The van der Waals surface area contributed by atoms with E-state index in [1.165, 1.54) is 62.6 Å². The van der Waals surface area contributed by atoms with Crippen LogP contribution >= 0.6 is 0 Å². The Balaban J connectivity index is 1.49. The van der Waals surface area contributed by atoms with Crippen molar-refractivity contribution in [3.05, 3.63) is 29.3 Å². The van der Waals surface area contributed by atoms with E-state index in [0.29, 0.717) is 6.04 Å². The summed E-state index contributed by atoms with van der Waals surface area (Å²) in [5.41, 5.74) is 2.99. The fraction of sp³-hybridized carbons (Fsp3) is 0.667. The minimum atomic E-state index is 0.663. The molecule has 2 aliphatic carbocycles. The van der Waals surface area contributed by atoms with Crippen molar-refractivity contribution >= 4 is 0 Å². The molecule has 1 saturated carbocycles. The largest absolute Gasteiger partial charge is 0.497 e. The molecule has 0 radical (unpaired) electrons. The normalized spacial score (nSPS) is 22.8. The fourth-order valence-electron chi connectivity index (χ4n) is 3.83. The summed E-state index contributed by atoms with van der Waals surface area (Å²) in [6.45, 7) is 1.20. The molecule has 0 bridgehead atoms. The molecule has 3 rings (SSSR count). The summed E-state index contributed by atoms with van der Waals surface area (Å²) >= 11 is 0. The average Bonchev–Trinajstić information content (AvgIpc) is 3.00. The second-order valence-corrected chi connectivity index (χ2v) is 6.47. The molecule has 2 aliphatic rings. The molecule has 2 heteroatoms. The predicted octanol–water partition coefficient (Wildman–Crippen LogP) is 3.72. The molecular formula is C18H27NO. The second-order valence-electron chi connectivity index (χ2n) is 6.47. The van der Waals surface area contributed by atoms with Crippen LogP contribution in [-0.4, -0.2) is 19.7 Å². The third-order valence-corrected chi connectivity index (χ3v) is 5.10. The maximum Gasteiger partial charge on any atom is 0.119 e. The summed E-state index contributed by atoms with van der Waals surface area (Å²) in [6.07, 6.45) is 10.9. The Morgan fingerprint density at radius 1 is 1.15 bits per heavy atom. The molecular weight excluding hydrogens is 246 g/mol. The predicted molar refractivity (Wildman–Crippen MR) is 83.4 cm³/mol. The highest BCUT2D eigenvalue weighted by atomic mass is 16.5. The van der Waals surface area contributed by atoms with Gasteiger partial charge in [-0.2, -0.15) is 0 Å². The van der Waals surface area contributed by atoms with Crippen LogP contribution in [0.2, 0.25) is 0 Å². The van der Waals surface area contributed by atoms with E-state index < -0.39 is 0 Å². The zero-order valence-electron chi connectivity index (χ0n) is 12.7. The summed E-state index contributed by atoms with van der Waals surface area (Å²) < 4.78 is 5.34. The molecule has 110 valence electrons. The molecule has 0 aliphatic heterocycles. The van der Waals surface area contributed by atoms with E-state index in [0.717, 1.165) is 18.1 Å². The van der Waals surface area contributed by atoms with Crippen LogP contribution in [0.25, 0.3) is 0 Å². The summed E-state index contributed by atoms with van der Waals surface area (Å²) in [5.74, 6) is 1.99. The average molecular weight is 273 g/mol. The molecule has 1 fully saturated rings. The molecule has 1 aromatic rings. The maximum atomic E-state index is 5.34. The van der Waals surface area contributed by atoms with E-state index in [1.807, 2.05) is 0 Å². The van der Waals surface area contributed by atoms with Crippen molar-refractivity contribution in [3.63, 3.8) is 0 Å². The van der Waals surface area contributed by atoms with E-state index in [9.17, 15) is 0 Å². The number of hydrogen-bond donors (Lipinski definition) is 1. The Labute approximate surface area is 122 Å². The van der Waals surface area contributed by atoms with Crippen LogP contribution in [0.15, 0.2) is 18.2 Å². The van der Waals surface area contributed by atoms with Crippen LogP contribution in [0.5, 0.6) is 5.75 Å².